The minimum atomic E-state index is -0.536. The molecule has 0 unspecified atom stereocenters. The number of aromatic nitrogens is 1. The highest BCUT2D eigenvalue weighted by Crippen LogP contribution is 2.20. The van der Waals surface area contributed by atoms with Crippen LogP contribution in [0.4, 0.5) is 4.79 Å². The first-order chi connectivity index (χ1) is 16.4. The second-order valence-electron chi connectivity index (χ2n) is 8.39. The molecule has 0 bridgehead atoms. The summed E-state index contributed by atoms with van der Waals surface area (Å²) in [6, 6.07) is 15.3. The van der Waals surface area contributed by atoms with Gasteiger partial charge in [0.1, 0.15) is 0 Å². The quantitative estimate of drug-likeness (QED) is 0.485. The lowest BCUT2D eigenvalue weighted by Gasteiger charge is -2.34. The Balaban J connectivity index is 1.35. The molecule has 2 aromatic heterocycles. The van der Waals surface area contributed by atoms with Crippen LogP contribution in [0.3, 0.4) is 0 Å². The fourth-order valence-corrected chi connectivity index (χ4v) is 4.86. The summed E-state index contributed by atoms with van der Waals surface area (Å²) in [5.74, 6) is -0.597. The molecule has 0 aliphatic carbocycles. The number of hydrogen-bond acceptors (Lipinski definition) is 5. The van der Waals surface area contributed by atoms with Crippen molar-refractivity contribution in [1.82, 2.24) is 19.7 Å². The lowest BCUT2D eigenvalue weighted by Crippen LogP contribution is -2.52. The molecule has 1 fully saturated rings. The van der Waals surface area contributed by atoms with E-state index in [9.17, 15) is 14.4 Å². The van der Waals surface area contributed by atoms with E-state index in [4.69, 9.17) is 5.73 Å². The Morgan fingerprint density at radius 3 is 2.41 bits per heavy atom. The zero-order valence-electron chi connectivity index (χ0n) is 19.2. The van der Waals surface area contributed by atoms with Gasteiger partial charge >= 0.3 is 6.03 Å². The van der Waals surface area contributed by atoms with Crippen LogP contribution in [0.25, 0.3) is 0 Å². The first-order valence-electron chi connectivity index (χ1n) is 11.3. The Hall–Kier alpha value is -3.43. The van der Waals surface area contributed by atoms with Crippen LogP contribution in [0, 0.1) is 6.92 Å². The standard InChI is InChI=1S/C25H29N5O3S/c1-18-21(24(26)32)14-22(30(18)16-20-8-5-13-34-20)23(31)17-28-9-11-29(12-10-28)25(33)27-15-19-6-3-2-4-7-19/h2-8,13-14H,9-12,15-17H2,1H3,(H2,26,32)(H,27,33). The third-order valence-electron chi connectivity index (χ3n) is 6.12. The van der Waals surface area contributed by atoms with Crippen LogP contribution in [0.2, 0.25) is 0 Å². The van der Waals surface area contributed by atoms with Gasteiger partial charge in [0.05, 0.1) is 24.3 Å². The average molecular weight is 480 g/mol. The molecule has 1 aliphatic rings. The van der Waals surface area contributed by atoms with Gasteiger partial charge in [0.15, 0.2) is 5.78 Å². The summed E-state index contributed by atoms with van der Waals surface area (Å²) in [5.41, 5.74) is 8.16. The largest absolute Gasteiger partial charge is 0.366 e. The van der Waals surface area contributed by atoms with E-state index in [-0.39, 0.29) is 18.4 Å². The minimum absolute atomic E-state index is 0.0610. The molecule has 3 amide bonds. The number of thiophene rings is 1. The van der Waals surface area contributed by atoms with E-state index in [0.717, 1.165) is 10.4 Å². The molecule has 9 heteroatoms. The van der Waals surface area contributed by atoms with Crippen molar-refractivity contribution in [1.29, 1.82) is 0 Å². The lowest BCUT2D eigenvalue weighted by molar-refractivity contribution is 0.0869. The second-order valence-corrected chi connectivity index (χ2v) is 9.42. The summed E-state index contributed by atoms with van der Waals surface area (Å²) in [7, 11) is 0. The normalized spacial score (nSPS) is 14.2. The van der Waals surface area contributed by atoms with Crippen molar-refractivity contribution in [2.75, 3.05) is 32.7 Å². The van der Waals surface area contributed by atoms with Crippen LogP contribution >= 0.6 is 11.3 Å². The van der Waals surface area contributed by atoms with Crippen LogP contribution in [0.5, 0.6) is 0 Å². The summed E-state index contributed by atoms with van der Waals surface area (Å²) < 4.78 is 1.88. The highest BCUT2D eigenvalue weighted by Gasteiger charge is 2.25. The molecule has 4 rings (SSSR count). The number of primary amides is 1. The first-order valence-corrected chi connectivity index (χ1v) is 12.1. The van der Waals surface area contributed by atoms with E-state index < -0.39 is 5.91 Å². The number of benzene rings is 1. The van der Waals surface area contributed by atoms with Crippen molar-refractivity contribution in [3.05, 3.63) is 81.3 Å². The highest BCUT2D eigenvalue weighted by molar-refractivity contribution is 7.09. The number of carbonyl (C=O) groups is 3. The molecule has 178 valence electrons. The Kier molecular flexibility index (Phi) is 7.44. The summed E-state index contributed by atoms with van der Waals surface area (Å²) in [5, 5.41) is 4.94. The Morgan fingerprint density at radius 2 is 1.76 bits per heavy atom. The molecule has 1 aromatic carbocycles. The molecule has 0 atom stereocenters. The van der Waals surface area contributed by atoms with Crippen LogP contribution in [-0.4, -0.2) is 64.8 Å². The van der Waals surface area contributed by atoms with Crippen molar-refractivity contribution in [3.8, 4) is 0 Å². The number of hydrogen-bond donors (Lipinski definition) is 2. The van der Waals surface area contributed by atoms with Crippen molar-refractivity contribution >= 4 is 29.1 Å². The van der Waals surface area contributed by atoms with Crippen molar-refractivity contribution < 1.29 is 14.4 Å². The topological polar surface area (TPSA) is 101 Å². The molecule has 3 aromatic rings. The van der Waals surface area contributed by atoms with Crippen LogP contribution in [0.1, 0.15) is 37.0 Å². The number of amides is 3. The van der Waals surface area contributed by atoms with Crippen LogP contribution < -0.4 is 11.1 Å². The number of piperazine rings is 1. The molecule has 1 aliphatic heterocycles. The van der Waals surface area contributed by atoms with E-state index >= 15 is 0 Å². The van der Waals surface area contributed by atoms with Gasteiger partial charge in [-0.3, -0.25) is 14.5 Å². The first kappa shape index (κ1) is 23.7. The number of nitrogens with zero attached hydrogens (tertiary/aromatic N) is 3. The molecule has 34 heavy (non-hydrogen) atoms. The predicted molar refractivity (Wildman–Crippen MR) is 132 cm³/mol. The van der Waals surface area contributed by atoms with Gasteiger partial charge in [-0.15, -0.1) is 11.3 Å². The van der Waals surface area contributed by atoms with E-state index in [2.05, 4.69) is 5.32 Å². The molecule has 0 radical (unpaired) electrons. The SMILES string of the molecule is Cc1c(C(N)=O)cc(C(=O)CN2CCN(C(=O)NCc3ccccc3)CC2)n1Cc1cccs1. The Bertz CT molecular complexity index is 1150. The average Bonchev–Trinajstić information content (AvgIpc) is 3.47. The van der Waals surface area contributed by atoms with E-state index in [1.54, 1.807) is 22.3 Å². The van der Waals surface area contributed by atoms with Crippen LogP contribution in [-0.2, 0) is 13.1 Å². The number of nitrogens with one attached hydrogen (secondary N) is 1. The maximum Gasteiger partial charge on any atom is 0.317 e. The zero-order chi connectivity index (χ0) is 24.1. The third kappa shape index (κ3) is 5.55. The molecule has 3 N–H and O–H groups in total. The lowest BCUT2D eigenvalue weighted by atomic mass is 10.2. The van der Waals surface area contributed by atoms with Gasteiger partial charge in [0.2, 0.25) is 0 Å². The van der Waals surface area contributed by atoms with E-state index in [1.165, 1.54) is 0 Å². The number of nitrogens with two attached hydrogens (primary N) is 1. The van der Waals surface area contributed by atoms with Crippen molar-refractivity contribution in [3.63, 3.8) is 0 Å². The monoisotopic (exact) mass is 479 g/mol. The summed E-state index contributed by atoms with van der Waals surface area (Å²) in [4.78, 5) is 42.5. The van der Waals surface area contributed by atoms with Gasteiger partial charge in [-0.05, 0) is 30.0 Å². The van der Waals surface area contributed by atoms with Gasteiger partial charge in [-0.25, -0.2) is 4.79 Å². The molecule has 8 nitrogen and oxygen atoms in total. The van der Waals surface area contributed by atoms with E-state index in [1.807, 2.05) is 64.2 Å². The molecular weight excluding hydrogens is 450 g/mol. The Labute approximate surface area is 203 Å². The number of Topliss-reactive ketones (excluding diaryl/α,β-unsaturated/α-hetero) is 1. The molecule has 0 saturated carbocycles. The zero-order valence-corrected chi connectivity index (χ0v) is 20.0. The number of ketones is 1. The van der Waals surface area contributed by atoms with Crippen LogP contribution in [0.15, 0.2) is 53.9 Å². The molecule has 0 spiro atoms. The fraction of sp³-hybridized carbons (Fsp3) is 0.320. The smallest absolute Gasteiger partial charge is 0.317 e. The molecule has 1 saturated heterocycles. The van der Waals surface area contributed by atoms with Gasteiger partial charge in [0, 0.05) is 43.3 Å². The third-order valence-corrected chi connectivity index (χ3v) is 6.99. The number of urea groups is 1. The minimum Gasteiger partial charge on any atom is -0.366 e. The Morgan fingerprint density at radius 1 is 1.03 bits per heavy atom. The highest BCUT2D eigenvalue weighted by atomic mass is 32.1. The van der Waals surface area contributed by atoms with Gasteiger partial charge < -0.3 is 20.5 Å². The molecular formula is C25H29N5O3S. The predicted octanol–water partition coefficient (Wildman–Crippen LogP) is 2.72. The molecule has 3 heterocycles. The fourth-order valence-electron chi connectivity index (χ4n) is 4.17. The maximum absolute atomic E-state index is 13.2. The van der Waals surface area contributed by atoms with Crippen molar-refractivity contribution in [2.45, 2.75) is 20.0 Å². The number of carbonyl (C=O) groups excluding carboxylic acids is 3. The summed E-state index contributed by atoms with van der Waals surface area (Å²) in [6.07, 6.45) is 0. The van der Waals surface area contributed by atoms with Gasteiger partial charge in [-0.1, -0.05) is 36.4 Å². The van der Waals surface area contributed by atoms with Crippen molar-refractivity contribution in [2.24, 2.45) is 5.73 Å². The van der Waals surface area contributed by atoms with Gasteiger partial charge in [0.25, 0.3) is 5.91 Å². The summed E-state index contributed by atoms with van der Waals surface area (Å²) in [6.45, 7) is 5.37. The maximum atomic E-state index is 13.2. The number of rotatable bonds is 8. The van der Waals surface area contributed by atoms with Gasteiger partial charge in [-0.2, -0.15) is 0 Å². The summed E-state index contributed by atoms with van der Waals surface area (Å²) >= 11 is 1.60. The van der Waals surface area contributed by atoms with E-state index in [0.29, 0.717) is 56.2 Å². The second kappa shape index (κ2) is 10.7.